The summed E-state index contributed by atoms with van der Waals surface area (Å²) in [6, 6.07) is 7.80. The van der Waals surface area contributed by atoms with Crippen LogP contribution in [0.5, 0.6) is 0 Å². The van der Waals surface area contributed by atoms with Gasteiger partial charge in [0.15, 0.2) is 5.96 Å². The third-order valence-corrected chi connectivity index (χ3v) is 4.64. The predicted molar refractivity (Wildman–Crippen MR) is 119 cm³/mol. The molecule has 0 saturated heterocycles. The first kappa shape index (κ1) is 22.7. The summed E-state index contributed by atoms with van der Waals surface area (Å²) in [5, 5.41) is 10.0. The standard InChI is InChI=1S/C17H22ClN5OS.HI/c1-12-15(25-11-23-12)16(24)20-8-9-22-17(19-2)21-7-6-13-4-3-5-14(18)10-13;/h3-5,10-11H,6-9H2,1-2H3,(H,20,24)(H2,19,21,22);1H. The fourth-order valence-corrected chi connectivity index (χ4v) is 3.13. The van der Waals surface area contributed by atoms with E-state index in [-0.39, 0.29) is 29.9 Å². The first-order chi connectivity index (χ1) is 12.1. The van der Waals surface area contributed by atoms with Gasteiger partial charge in [0.05, 0.1) is 11.2 Å². The second-order valence-electron chi connectivity index (χ2n) is 5.33. The number of guanidine groups is 1. The molecule has 3 N–H and O–H groups in total. The molecule has 142 valence electrons. The monoisotopic (exact) mass is 507 g/mol. The van der Waals surface area contributed by atoms with Crippen molar-refractivity contribution in [1.82, 2.24) is 20.9 Å². The van der Waals surface area contributed by atoms with Crippen LogP contribution in [-0.4, -0.2) is 43.5 Å². The molecule has 2 aromatic rings. The van der Waals surface area contributed by atoms with Crippen LogP contribution in [0.15, 0.2) is 34.8 Å². The molecule has 1 aromatic heterocycles. The molecule has 0 fully saturated rings. The molecule has 9 heteroatoms. The third-order valence-electron chi connectivity index (χ3n) is 3.47. The van der Waals surface area contributed by atoms with Crippen molar-refractivity contribution in [3.8, 4) is 0 Å². The van der Waals surface area contributed by atoms with Crippen molar-refractivity contribution in [1.29, 1.82) is 0 Å². The number of thiazole rings is 1. The van der Waals surface area contributed by atoms with E-state index < -0.39 is 0 Å². The second kappa shape index (κ2) is 12.1. The highest BCUT2D eigenvalue weighted by atomic mass is 127. The van der Waals surface area contributed by atoms with Crippen molar-refractivity contribution < 1.29 is 4.79 Å². The van der Waals surface area contributed by atoms with Gasteiger partial charge in [0.2, 0.25) is 0 Å². The van der Waals surface area contributed by atoms with Crippen molar-refractivity contribution in [2.24, 2.45) is 4.99 Å². The Morgan fingerprint density at radius 2 is 1.96 bits per heavy atom. The first-order valence-corrected chi connectivity index (χ1v) is 9.23. The average molecular weight is 508 g/mol. The number of rotatable bonds is 7. The highest BCUT2D eigenvalue weighted by molar-refractivity contribution is 14.0. The molecule has 0 aliphatic carbocycles. The molecule has 2 rings (SSSR count). The van der Waals surface area contributed by atoms with Gasteiger partial charge in [-0.25, -0.2) is 4.98 Å². The van der Waals surface area contributed by atoms with E-state index in [9.17, 15) is 4.79 Å². The smallest absolute Gasteiger partial charge is 0.263 e. The van der Waals surface area contributed by atoms with Gasteiger partial charge in [-0.15, -0.1) is 35.3 Å². The highest BCUT2D eigenvalue weighted by Gasteiger charge is 2.10. The van der Waals surface area contributed by atoms with Gasteiger partial charge in [0.25, 0.3) is 5.91 Å². The maximum Gasteiger partial charge on any atom is 0.263 e. The molecule has 1 heterocycles. The van der Waals surface area contributed by atoms with Gasteiger partial charge < -0.3 is 16.0 Å². The van der Waals surface area contributed by atoms with E-state index in [4.69, 9.17) is 11.6 Å². The molecule has 0 atom stereocenters. The first-order valence-electron chi connectivity index (χ1n) is 7.97. The summed E-state index contributed by atoms with van der Waals surface area (Å²) in [6.45, 7) is 3.66. The van der Waals surface area contributed by atoms with Crippen molar-refractivity contribution in [2.45, 2.75) is 13.3 Å². The van der Waals surface area contributed by atoms with E-state index in [2.05, 4.69) is 25.9 Å². The van der Waals surface area contributed by atoms with E-state index in [0.29, 0.717) is 23.9 Å². The minimum Gasteiger partial charge on any atom is -0.356 e. The lowest BCUT2D eigenvalue weighted by molar-refractivity contribution is 0.0957. The summed E-state index contributed by atoms with van der Waals surface area (Å²) in [4.78, 5) is 20.9. The number of amides is 1. The van der Waals surface area contributed by atoms with Crippen molar-refractivity contribution in [2.75, 3.05) is 26.7 Å². The molecule has 0 radical (unpaired) electrons. The molecule has 6 nitrogen and oxygen atoms in total. The Kier molecular flexibility index (Phi) is 10.5. The quantitative estimate of drug-likeness (QED) is 0.233. The molecule has 0 saturated carbocycles. The van der Waals surface area contributed by atoms with Crippen LogP contribution >= 0.6 is 46.9 Å². The van der Waals surface area contributed by atoms with Crippen LogP contribution < -0.4 is 16.0 Å². The summed E-state index contributed by atoms with van der Waals surface area (Å²) < 4.78 is 0. The molecule has 0 aliphatic rings. The third kappa shape index (κ3) is 7.46. The Balaban J connectivity index is 0.00000338. The molecule has 26 heavy (non-hydrogen) atoms. The average Bonchev–Trinajstić information content (AvgIpc) is 3.03. The zero-order valence-corrected chi connectivity index (χ0v) is 18.6. The van der Waals surface area contributed by atoms with Gasteiger partial charge in [-0.3, -0.25) is 9.79 Å². The van der Waals surface area contributed by atoms with Crippen LogP contribution in [0, 0.1) is 6.92 Å². The molecular weight excluding hydrogens is 485 g/mol. The zero-order valence-electron chi connectivity index (χ0n) is 14.7. The largest absolute Gasteiger partial charge is 0.356 e. The van der Waals surface area contributed by atoms with E-state index >= 15 is 0 Å². The van der Waals surface area contributed by atoms with Crippen LogP contribution in [0.4, 0.5) is 0 Å². The summed E-state index contributed by atoms with van der Waals surface area (Å²) in [6.07, 6.45) is 0.850. The van der Waals surface area contributed by atoms with E-state index in [1.54, 1.807) is 12.6 Å². The zero-order chi connectivity index (χ0) is 18.1. The Morgan fingerprint density at radius 3 is 2.62 bits per heavy atom. The number of halogens is 2. The number of nitrogens with zero attached hydrogens (tertiary/aromatic N) is 2. The number of carbonyl (C=O) groups excluding carboxylic acids is 1. The van der Waals surface area contributed by atoms with Crippen LogP contribution in [0.3, 0.4) is 0 Å². The molecular formula is C17H23ClIN5OS. The lowest BCUT2D eigenvalue weighted by Gasteiger charge is -2.12. The Morgan fingerprint density at radius 1 is 1.23 bits per heavy atom. The number of aryl methyl sites for hydroxylation is 1. The van der Waals surface area contributed by atoms with Crippen LogP contribution in [-0.2, 0) is 6.42 Å². The summed E-state index contributed by atoms with van der Waals surface area (Å²) in [5.74, 6) is 0.607. The fourth-order valence-electron chi connectivity index (χ4n) is 2.20. The number of nitrogens with one attached hydrogen (secondary N) is 3. The molecule has 1 amide bonds. The molecule has 0 unspecified atom stereocenters. The molecule has 1 aromatic carbocycles. The predicted octanol–water partition coefficient (Wildman–Crippen LogP) is 2.86. The minimum absolute atomic E-state index is 0. The van der Waals surface area contributed by atoms with Gasteiger partial charge in [0, 0.05) is 31.7 Å². The summed E-state index contributed by atoms with van der Waals surface area (Å²) in [5.41, 5.74) is 3.60. The van der Waals surface area contributed by atoms with E-state index in [1.807, 2.05) is 31.2 Å². The maximum atomic E-state index is 12.0. The van der Waals surface area contributed by atoms with Gasteiger partial charge in [-0.2, -0.15) is 0 Å². The normalized spacial score (nSPS) is 10.8. The lowest BCUT2D eigenvalue weighted by atomic mass is 10.1. The molecule has 0 spiro atoms. The maximum absolute atomic E-state index is 12.0. The van der Waals surface area contributed by atoms with Crippen molar-refractivity contribution >= 4 is 58.8 Å². The number of carbonyl (C=O) groups is 1. The number of hydrogen-bond acceptors (Lipinski definition) is 4. The van der Waals surface area contributed by atoms with Crippen molar-refractivity contribution in [3.05, 3.63) is 50.9 Å². The minimum atomic E-state index is -0.0919. The van der Waals surface area contributed by atoms with Gasteiger partial charge in [-0.05, 0) is 31.0 Å². The Labute approximate surface area is 179 Å². The van der Waals surface area contributed by atoms with Gasteiger partial charge >= 0.3 is 0 Å². The number of benzene rings is 1. The van der Waals surface area contributed by atoms with Crippen LogP contribution in [0.25, 0.3) is 0 Å². The van der Waals surface area contributed by atoms with Crippen LogP contribution in [0.2, 0.25) is 5.02 Å². The van der Waals surface area contributed by atoms with Crippen LogP contribution in [0.1, 0.15) is 20.9 Å². The Bertz CT molecular complexity index is 737. The fraction of sp³-hybridized carbons (Fsp3) is 0.353. The second-order valence-corrected chi connectivity index (χ2v) is 6.62. The lowest BCUT2D eigenvalue weighted by Crippen LogP contribution is -2.42. The van der Waals surface area contributed by atoms with Gasteiger partial charge in [-0.1, -0.05) is 23.7 Å². The van der Waals surface area contributed by atoms with Crippen molar-refractivity contribution in [3.63, 3.8) is 0 Å². The van der Waals surface area contributed by atoms with E-state index in [1.165, 1.54) is 16.9 Å². The molecule has 0 bridgehead atoms. The van der Waals surface area contributed by atoms with E-state index in [0.717, 1.165) is 23.7 Å². The van der Waals surface area contributed by atoms with Gasteiger partial charge in [0.1, 0.15) is 4.88 Å². The SMILES string of the molecule is CN=C(NCCNC(=O)c1scnc1C)NCCc1cccc(Cl)c1.I. The Hall–Kier alpha value is -1.39. The number of aliphatic imine (C=N–C) groups is 1. The molecule has 0 aliphatic heterocycles. The number of aromatic nitrogens is 1. The summed E-state index contributed by atoms with van der Waals surface area (Å²) >= 11 is 7.32. The topological polar surface area (TPSA) is 78.4 Å². The summed E-state index contributed by atoms with van der Waals surface area (Å²) in [7, 11) is 1.72. The number of hydrogen-bond donors (Lipinski definition) is 3. The highest BCUT2D eigenvalue weighted by Crippen LogP contribution is 2.11.